The summed E-state index contributed by atoms with van der Waals surface area (Å²) in [5.41, 5.74) is 3.20. The predicted octanol–water partition coefficient (Wildman–Crippen LogP) is 3.76. The average molecular weight is 356 g/mol. The van der Waals surface area contributed by atoms with Crippen LogP contribution in [0.15, 0.2) is 58.3 Å². The zero-order valence-electron chi connectivity index (χ0n) is 15.0. The van der Waals surface area contributed by atoms with Crippen molar-refractivity contribution < 1.29 is 0 Å². The number of hydrogen-bond donors (Lipinski definition) is 0. The molecule has 3 aromatic rings. The zero-order valence-corrected chi connectivity index (χ0v) is 15.0. The minimum atomic E-state index is 0.0961. The van der Waals surface area contributed by atoms with Crippen LogP contribution in [0.2, 0.25) is 0 Å². The van der Waals surface area contributed by atoms with Gasteiger partial charge < -0.3 is 4.90 Å². The fourth-order valence-corrected chi connectivity index (χ4v) is 5.08. The van der Waals surface area contributed by atoms with E-state index in [1.54, 1.807) is 0 Å². The molecule has 0 bridgehead atoms. The summed E-state index contributed by atoms with van der Waals surface area (Å²) in [5.74, 6) is 2.10. The molecule has 5 nitrogen and oxygen atoms in total. The molecule has 0 unspecified atom stereocenters. The summed E-state index contributed by atoms with van der Waals surface area (Å²) in [4.78, 5) is 25.5. The predicted molar refractivity (Wildman–Crippen MR) is 106 cm³/mol. The average Bonchev–Trinajstić information content (AvgIpc) is 3.33. The molecular weight excluding hydrogens is 336 g/mol. The minimum absolute atomic E-state index is 0.0961. The molecule has 0 radical (unpaired) electrons. The summed E-state index contributed by atoms with van der Waals surface area (Å²) >= 11 is 0. The maximum absolute atomic E-state index is 13.4. The highest BCUT2D eigenvalue weighted by atomic mass is 16.1. The van der Waals surface area contributed by atoms with Crippen LogP contribution < -0.4 is 5.56 Å². The van der Waals surface area contributed by atoms with E-state index in [-0.39, 0.29) is 17.6 Å². The van der Waals surface area contributed by atoms with Crippen LogP contribution in [0, 0.1) is 0 Å². The van der Waals surface area contributed by atoms with E-state index in [2.05, 4.69) is 23.1 Å². The van der Waals surface area contributed by atoms with Crippen LogP contribution in [-0.2, 0) is 6.42 Å². The van der Waals surface area contributed by atoms with Crippen LogP contribution in [0.25, 0.3) is 10.9 Å². The third kappa shape index (κ3) is 2.08. The first kappa shape index (κ1) is 15.1. The highest BCUT2D eigenvalue weighted by Gasteiger charge is 2.41. The van der Waals surface area contributed by atoms with Crippen LogP contribution in [-0.4, -0.2) is 26.8 Å². The molecule has 2 atom stereocenters. The molecule has 0 spiro atoms. The van der Waals surface area contributed by atoms with Gasteiger partial charge in [0, 0.05) is 24.9 Å². The van der Waals surface area contributed by atoms with E-state index < -0.39 is 0 Å². The Morgan fingerprint density at radius 1 is 1.00 bits per heavy atom. The number of para-hydroxylation sites is 2. The summed E-state index contributed by atoms with van der Waals surface area (Å²) in [7, 11) is 0. The molecule has 0 amide bonds. The Hall–Kier alpha value is -2.95. The third-order valence-electron chi connectivity index (χ3n) is 6.21. The standard InChI is InChI=1S/C22H20N4O/c27-22-15-7-2-4-9-17(15)24-20-12-11-18(26(20)22)21-14-6-1-3-8-16(14)23-19-10-5-13-25(19)21/h1-4,6-9,18,21H,5,10-13H2/t18-,21+/m0/s1. The van der Waals surface area contributed by atoms with Gasteiger partial charge in [0.25, 0.3) is 5.56 Å². The SMILES string of the molecule is O=c1c2ccccc2nc2n1[C@H]([C@H]1c3ccccc3N=C3CCCN31)CC2. The lowest BCUT2D eigenvalue weighted by molar-refractivity contribution is 0.242. The number of aryl methyl sites for hydroxylation is 1. The molecule has 2 aromatic carbocycles. The molecule has 1 saturated heterocycles. The van der Waals surface area contributed by atoms with Gasteiger partial charge >= 0.3 is 0 Å². The maximum Gasteiger partial charge on any atom is 0.261 e. The summed E-state index contributed by atoms with van der Waals surface area (Å²) < 4.78 is 1.98. The summed E-state index contributed by atoms with van der Waals surface area (Å²) in [6.45, 7) is 1.01. The first-order valence-electron chi connectivity index (χ1n) is 9.74. The zero-order chi connectivity index (χ0) is 18.0. The summed E-state index contributed by atoms with van der Waals surface area (Å²) in [6.07, 6.45) is 3.95. The van der Waals surface area contributed by atoms with Gasteiger partial charge in [-0.1, -0.05) is 30.3 Å². The van der Waals surface area contributed by atoms with Crippen molar-refractivity contribution in [2.24, 2.45) is 4.99 Å². The largest absolute Gasteiger partial charge is 0.351 e. The van der Waals surface area contributed by atoms with Gasteiger partial charge in [-0.25, -0.2) is 9.98 Å². The van der Waals surface area contributed by atoms with Gasteiger partial charge in [-0.2, -0.15) is 0 Å². The Labute approximate surface area is 157 Å². The van der Waals surface area contributed by atoms with Crippen LogP contribution >= 0.6 is 0 Å². The first-order chi connectivity index (χ1) is 13.3. The lowest BCUT2D eigenvalue weighted by atomic mass is 9.93. The Balaban J connectivity index is 1.57. The minimum Gasteiger partial charge on any atom is -0.351 e. The van der Waals surface area contributed by atoms with Crippen LogP contribution in [0.1, 0.15) is 42.7 Å². The number of hydrogen-bond acceptors (Lipinski definition) is 4. The van der Waals surface area contributed by atoms with Crippen LogP contribution in [0.4, 0.5) is 5.69 Å². The van der Waals surface area contributed by atoms with Gasteiger partial charge in [-0.05, 0) is 31.0 Å². The van der Waals surface area contributed by atoms with Crippen LogP contribution in [0.3, 0.4) is 0 Å². The molecule has 0 aliphatic carbocycles. The van der Waals surface area contributed by atoms with Crippen molar-refractivity contribution in [1.82, 2.24) is 14.5 Å². The Bertz CT molecular complexity index is 1160. The van der Waals surface area contributed by atoms with Crippen molar-refractivity contribution >= 4 is 22.4 Å². The van der Waals surface area contributed by atoms with Gasteiger partial charge in [0.1, 0.15) is 11.7 Å². The number of nitrogens with zero attached hydrogens (tertiary/aromatic N) is 4. The number of fused-ring (bicyclic) bond motifs is 4. The van der Waals surface area contributed by atoms with Crippen LogP contribution in [0.5, 0.6) is 0 Å². The lowest BCUT2D eigenvalue weighted by Gasteiger charge is -2.38. The van der Waals surface area contributed by atoms with E-state index in [0.29, 0.717) is 5.39 Å². The van der Waals surface area contributed by atoms with Crippen molar-refractivity contribution in [1.29, 1.82) is 0 Å². The molecular formula is C22H20N4O. The van der Waals surface area contributed by atoms with E-state index in [1.807, 2.05) is 34.9 Å². The van der Waals surface area contributed by atoms with Gasteiger partial charge in [0.05, 0.1) is 28.7 Å². The summed E-state index contributed by atoms with van der Waals surface area (Å²) in [5, 5.41) is 0.715. The first-order valence-corrected chi connectivity index (χ1v) is 9.74. The van der Waals surface area contributed by atoms with Gasteiger partial charge in [0.15, 0.2) is 0 Å². The summed E-state index contributed by atoms with van der Waals surface area (Å²) in [6, 6.07) is 16.4. The van der Waals surface area contributed by atoms with Gasteiger partial charge in [-0.3, -0.25) is 9.36 Å². The maximum atomic E-state index is 13.4. The number of benzene rings is 2. The van der Waals surface area contributed by atoms with Gasteiger partial charge in [-0.15, -0.1) is 0 Å². The molecule has 1 fully saturated rings. The van der Waals surface area contributed by atoms with Crippen molar-refractivity contribution in [2.45, 2.75) is 37.8 Å². The number of aliphatic imine (C=N–C) groups is 1. The molecule has 0 saturated carbocycles. The molecule has 27 heavy (non-hydrogen) atoms. The molecule has 134 valence electrons. The Morgan fingerprint density at radius 2 is 1.85 bits per heavy atom. The lowest BCUT2D eigenvalue weighted by Crippen LogP contribution is -2.39. The van der Waals surface area contributed by atoms with Crippen molar-refractivity contribution in [3.63, 3.8) is 0 Å². The molecule has 5 heteroatoms. The van der Waals surface area contributed by atoms with E-state index in [1.165, 1.54) is 11.4 Å². The quantitative estimate of drug-likeness (QED) is 0.667. The Morgan fingerprint density at radius 3 is 2.81 bits per heavy atom. The third-order valence-corrected chi connectivity index (χ3v) is 6.21. The monoisotopic (exact) mass is 356 g/mol. The number of rotatable bonds is 1. The molecule has 0 N–H and O–H groups in total. The van der Waals surface area contributed by atoms with Gasteiger partial charge in [0.2, 0.25) is 0 Å². The Kier molecular flexibility index (Phi) is 3.10. The van der Waals surface area contributed by atoms with Crippen molar-refractivity contribution in [3.05, 3.63) is 70.3 Å². The molecule has 6 rings (SSSR count). The number of amidine groups is 1. The second-order valence-electron chi connectivity index (χ2n) is 7.65. The van der Waals surface area contributed by atoms with Crippen molar-refractivity contribution in [3.8, 4) is 0 Å². The second kappa shape index (κ2) is 5.52. The van der Waals surface area contributed by atoms with E-state index in [4.69, 9.17) is 9.98 Å². The smallest absolute Gasteiger partial charge is 0.261 e. The van der Waals surface area contributed by atoms with Crippen molar-refractivity contribution in [2.75, 3.05) is 6.54 Å². The fourth-order valence-electron chi connectivity index (χ4n) is 5.08. The molecule has 1 aromatic heterocycles. The van der Waals surface area contributed by atoms with E-state index in [9.17, 15) is 4.79 Å². The highest BCUT2D eigenvalue weighted by molar-refractivity contribution is 5.89. The fraction of sp³-hybridized carbons (Fsp3) is 0.318. The highest BCUT2D eigenvalue weighted by Crippen LogP contribution is 2.46. The topological polar surface area (TPSA) is 50.5 Å². The normalized spacial score (nSPS) is 23.1. The molecule has 3 aliphatic rings. The van der Waals surface area contributed by atoms with E-state index in [0.717, 1.165) is 49.3 Å². The molecule has 3 aliphatic heterocycles. The second-order valence-corrected chi connectivity index (χ2v) is 7.65. The van der Waals surface area contributed by atoms with E-state index >= 15 is 0 Å². The number of aromatic nitrogens is 2. The molecule has 4 heterocycles.